The third-order valence-corrected chi connectivity index (χ3v) is 3.74. The molecule has 0 saturated heterocycles. The molecule has 1 amide bonds. The van der Waals surface area contributed by atoms with Crippen LogP contribution in [0.4, 0.5) is 0 Å². The standard InChI is InChI=1S/C14H25N3O/c1-4-10(2)12(9-11-7-5-6-8-11)17-14(16-3)13(15)18/h11H,4-9H2,1-3H3,(H2,15,18)(H,16,17)/b12-10-. The summed E-state index contributed by atoms with van der Waals surface area (Å²) in [5.74, 6) is 0.501. The SMILES string of the molecule is CC/C(C)=C(/CC1CCCC1)N/C(=N\C)C(N)=O. The van der Waals surface area contributed by atoms with Gasteiger partial charge in [-0.1, -0.05) is 38.2 Å². The van der Waals surface area contributed by atoms with Crippen LogP contribution >= 0.6 is 0 Å². The van der Waals surface area contributed by atoms with Crippen molar-refractivity contribution >= 4 is 11.7 Å². The van der Waals surface area contributed by atoms with E-state index in [1.165, 1.54) is 31.3 Å². The molecule has 4 nitrogen and oxygen atoms in total. The average Bonchev–Trinajstić information content (AvgIpc) is 2.85. The van der Waals surface area contributed by atoms with Crippen molar-refractivity contribution in [3.63, 3.8) is 0 Å². The van der Waals surface area contributed by atoms with E-state index in [9.17, 15) is 4.79 Å². The molecule has 0 aromatic rings. The van der Waals surface area contributed by atoms with Crippen LogP contribution in [0.3, 0.4) is 0 Å². The molecule has 0 aromatic carbocycles. The number of carbonyl (C=O) groups is 1. The predicted octanol–water partition coefficient (Wildman–Crippen LogP) is 2.35. The van der Waals surface area contributed by atoms with Gasteiger partial charge in [-0.15, -0.1) is 0 Å². The van der Waals surface area contributed by atoms with Crippen molar-refractivity contribution in [2.24, 2.45) is 16.6 Å². The maximum absolute atomic E-state index is 11.2. The number of amides is 1. The molecule has 1 saturated carbocycles. The monoisotopic (exact) mass is 251 g/mol. The molecule has 0 heterocycles. The topological polar surface area (TPSA) is 67.5 Å². The van der Waals surface area contributed by atoms with Gasteiger partial charge in [0.1, 0.15) is 0 Å². The molecule has 0 bridgehead atoms. The lowest BCUT2D eigenvalue weighted by molar-refractivity contribution is -0.112. The Kier molecular flexibility index (Phi) is 5.89. The van der Waals surface area contributed by atoms with Gasteiger partial charge in [0.2, 0.25) is 0 Å². The largest absolute Gasteiger partial charge is 0.363 e. The third kappa shape index (κ3) is 4.17. The van der Waals surface area contributed by atoms with Gasteiger partial charge in [0, 0.05) is 12.7 Å². The van der Waals surface area contributed by atoms with Gasteiger partial charge < -0.3 is 11.1 Å². The minimum Gasteiger partial charge on any atom is -0.363 e. The molecule has 102 valence electrons. The summed E-state index contributed by atoms with van der Waals surface area (Å²) in [6, 6.07) is 0. The van der Waals surface area contributed by atoms with Crippen LogP contribution in [0.5, 0.6) is 0 Å². The van der Waals surface area contributed by atoms with Gasteiger partial charge in [-0.25, -0.2) is 0 Å². The summed E-state index contributed by atoms with van der Waals surface area (Å²) >= 11 is 0. The number of hydrogen-bond acceptors (Lipinski definition) is 2. The van der Waals surface area contributed by atoms with Crippen LogP contribution in [0.25, 0.3) is 0 Å². The third-order valence-electron chi connectivity index (χ3n) is 3.74. The minimum absolute atomic E-state index is 0.260. The number of rotatable bonds is 4. The Bertz CT molecular complexity index is 352. The molecule has 1 aliphatic rings. The summed E-state index contributed by atoms with van der Waals surface area (Å²) in [7, 11) is 1.58. The van der Waals surface area contributed by atoms with Crippen LogP contribution in [-0.2, 0) is 4.79 Å². The highest BCUT2D eigenvalue weighted by Gasteiger charge is 2.19. The van der Waals surface area contributed by atoms with Crippen molar-refractivity contribution in [1.29, 1.82) is 0 Å². The molecule has 1 fully saturated rings. The van der Waals surface area contributed by atoms with E-state index < -0.39 is 5.91 Å². The van der Waals surface area contributed by atoms with Crippen LogP contribution in [-0.4, -0.2) is 18.8 Å². The van der Waals surface area contributed by atoms with Crippen LogP contribution in [0.1, 0.15) is 52.4 Å². The highest BCUT2D eigenvalue weighted by molar-refractivity contribution is 6.37. The summed E-state index contributed by atoms with van der Waals surface area (Å²) in [4.78, 5) is 15.1. The number of allylic oxidation sites excluding steroid dienone is 2. The molecule has 3 N–H and O–H groups in total. The Morgan fingerprint density at radius 2 is 2.00 bits per heavy atom. The molecule has 1 aliphatic carbocycles. The molecule has 0 spiro atoms. The molecular weight excluding hydrogens is 226 g/mol. The van der Waals surface area contributed by atoms with E-state index in [2.05, 4.69) is 24.2 Å². The number of nitrogens with zero attached hydrogens (tertiary/aromatic N) is 1. The molecule has 1 rings (SSSR count). The Hall–Kier alpha value is -1.32. The highest BCUT2D eigenvalue weighted by Crippen LogP contribution is 2.30. The van der Waals surface area contributed by atoms with E-state index in [1.807, 2.05) is 0 Å². The van der Waals surface area contributed by atoms with Gasteiger partial charge in [-0.2, -0.15) is 0 Å². The molecule has 0 atom stereocenters. The van der Waals surface area contributed by atoms with Gasteiger partial charge in [-0.05, 0) is 25.7 Å². The zero-order valence-corrected chi connectivity index (χ0v) is 11.8. The number of primary amides is 1. The van der Waals surface area contributed by atoms with E-state index >= 15 is 0 Å². The van der Waals surface area contributed by atoms with Crippen LogP contribution < -0.4 is 11.1 Å². The van der Waals surface area contributed by atoms with E-state index in [1.54, 1.807) is 7.05 Å². The maximum atomic E-state index is 11.2. The van der Waals surface area contributed by atoms with E-state index in [0.717, 1.165) is 24.5 Å². The Balaban J connectivity index is 2.76. The number of nitrogens with two attached hydrogens (primary N) is 1. The van der Waals surface area contributed by atoms with Crippen molar-refractivity contribution in [3.05, 3.63) is 11.3 Å². The first-order valence-corrected chi connectivity index (χ1v) is 6.80. The van der Waals surface area contributed by atoms with Crippen molar-refractivity contribution in [2.75, 3.05) is 7.05 Å². The van der Waals surface area contributed by atoms with Crippen molar-refractivity contribution in [3.8, 4) is 0 Å². The summed E-state index contributed by atoms with van der Waals surface area (Å²) in [6.45, 7) is 4.23. The second-order valence-electron chi connectivity index (χ2n) is 5.03. The number of aliphatic imine (C=N–C) groups is 1. The fraction of sp³-hybridized carbons (Fsp3) is 0.714. The van der Waals surface area contributed by atoms with Crippen LogP contribution in [0, 0.1) is 5.92 Å². The number of amidine groups is 1. The smallest absolute Gasteiger partial charge is 0.284 e. The summed E-state index contributed by atoms with van der Waals surface area (Å²) in [5.41, 5.74) is 7.70. The Morgan fingerprint density at radius 3 is 2.44 bits per heavy atom. The van der Waals surface area contributed by atoms with E-state index in [-0.39, 0.29) is 5.84 Å². The van der Waals surface area contributed by atoms with Crippen molar-refractivity contribution < 1.29 is 4.79 Å². The lowest BCUT2D eigenvalue weighted by atomic mass is 9.98. The zero-order valence-electron chi connectivity index (χ0n) is 11.8. The molecule has 4 heteroatoms. The number of carbonyl (C=O) groups excluding carboxylic acids is 1. The lowest BCUT2D eigenvalue weighted by Crippen LogP contribution is -2.36. The molecule has 0 aliphatic heterocycles. The van der Waals surface area contributed by atoms with Gasteiger partial charge in [0.15, 0.2) is 5.84 Å². The second-order valence-corrected chi connectivity index (χ2v) is 5.03. The lowest BCUT2D eigenvalue weighted by Gasteiger charge is -2.18. The molecular formula is C14H25N3O. The predicted molar refractivity (Wildman–Crippen MR) is 75.3 cm³/mol. The minimum atomic E-state index is -0.495. The molecule has 0 aromatic heterocycles. The number of hydrogen-bond donors (Lipinski definition) is 2. The molecule has 18 heavy (non-hydrogen) atoms. The second kappa shape index (κ2) is 7.19. The fourth-order valence-corrected chi connectivity index (χ4v) is 2.42. The molecule has 0 unspecified atom stereocenters. The van der Waals surface area contributed by atoms with E-state index in [0.29, 0.717) is 0 Å². The quantitative estimate of drug-likeness (QED) is 0.595. The van der Waals surface area contributed by atoms with Crippen LogP contribution in [0.2, 0.25) is 0 Å². The summed E-state index contributed by atoms with van der Waals surface area (Å²) in [5, 5.41) is 3.14. The Labute approximate surface area is 110 Å². The van der Waals surface area contributed by atoms with Crippen molar-refractivity contribution in [1.82, 2.24) is 5.32 Å². The van der Waals surface area contributed by atoms with Crippen LogP contribution in [0.15, 0.2) is 16.3 Å². The Morgan fingerprint density at radius 1 is 1.39 bits per heavy atom. The zero-order chi connectivity index (χ0) is 13.5. The van der Waals surface area contributed by atoms with E-state index in [4.69, 9.17) is 5.73 Å². The first-order chi connectivity index (χ1) is 8.58. The average molecular weight is 251 g/mol. The fourth-order valence-electron chi connectivity index (χ4n) is 2.42. The van der Waals surface area contributed by atoms with Gasteiger partial charge in [-0.3, -0.25) is 9.79 Å². The van der Waals surface area contributed by atoms with Gasteiger partial charge >= 0.3 is 0 Å². The van der Waals surface area contributed by atoms with Crippen molar-refractivity contribution in [2.45, 2.75) is 52.4 Å². The number of nitrogens with one attached hydrogen (secondary N) is 1. The first-order valence-electron chi connectivity index (χ1n) is 6.80. The maximum Gasteiger partial charge on any atom is 0.284 e. The molecule has 0 radical (unpaired) electrons. The highest BCUT2D eigenvalue weighted by atomic mass is 16.1. The summed E-state index contributed by atoms with van der Waals surface area (Å²) in [6.07, 6.45) is 7.22. The first kappa shape index (κ1) is 14.7. The summed E-state index contributed by atoms with van der Waals surface area (Å²) < 4.78 is 0. The van der Waals surface area contributed by atoms with Gasteiger partial charge in [0.25, 0.3) is 5.91 Å². The van der Waals surface area contributed by atoms with Gasteiger partial charge in [0.05, 0.1) is 0 Å². The normalized spacial score (nSPS) is 18.7.